The first-order valence-electron chi connectivity index (χ1n) is 10.7. The van der Waals surface area contributed by atoms with Gasteiger partial charge in [0.25, 0.3) is 5.91 Å². The van der Waals surface area contributed by atoms with Gasteiger partial charge in [-0.15, -0.1) is 0 Å². The van der Waals surface area contributed by atoms with E-state index >= 15 is 0 Å². The normalized spacial score (nSPS) is 19.9. The van der Waals surface area contributed by atoms with Gasteiger partial charge in [-0.05, 0) is 36.2 Å². The van der Waals surface area contributed by atoms with Crippen LogP contribution >= 0.6 is 0 Å². The van der Waals surface area contributed by atoms with Gasteiger partial charge in [-0.3, -0.25) is 19.4 Å². The number of aromatic nitrogens is 1. The largest absolute Gasteiger partial charge is 0.508 e. The summed E-state index contributed by atoms with van der Waals surface area (Å²) >= 11 is 0. The summed E-state index contributed by atoms with van der Waals surface area (Å²) in [6, 6.07) is 12.9. The van der Waals surface area contributed by atoms with Crippen molar-refractivity contribution < 1.29 is 24.2 Å². The van der Waals surface area contributed by atoms with E-state index in [-0.39, 0.29) is 31.2 Å². The number of ether oxygens (including phenoxy) is 1. The molecule has 3 heterocycles. The molecule has 5 rings (SSSR count). The fourth-order valence-corrected chi connectivity index (χ4v) is 4.81. The molecular formula is C24H23N3O5. The molecule has 0 saturated carbocycles. The molecule has 2 aromatic carbocycles. The average molecular weight is 433 g/mol. The van der Waals surface area contributed by atoms with Crippen molar-refractivity contribution in [1.29, 1.82) is 0 Å². The van der Waals surface area contributed by atoms with Gasteiger partial charge in [0.2, 0.25) is 0 Å². The molecule has 3 aromatic rings. The van der Waals surface area contributed by atoms with E-state index in [0.717, 1.165) is 27.1 Å². The van der Waals surface area contributed by atoms with Crippen molar-refractivity contribution in [3.05, 3.63) is 65.4 Å². The number of amides is 3. The maximum absolute atomic E-state index is 13.4. The van der Waals surface area contributed by atoms with Crippen LogP contribution in [-0.2, 0) is 20.7 Å². The second-order valence-electron chi connectivity index (χ2n) is 8.01. The number of rotatable bonds is 5. The molecule has 0 spiro atoms. The van der Waals surface area contributed by atoms with Gasteiger partial charge >= 0.3 is 12.0 Å². The third kappa shape index (κ3) is 3.10. The van der Waals surface area contributed by atoms with Crippen LogP contribution in [0.1, 0.15) is 36.2 Å². The Kier molecular flexibility index (Phi) is 4.84. The number of carbonyl (C=O) groups is 3. The summed E-state index contributed by atoms with van der Waals surface area (Å²) in [5, 5.41) is 11.1. The minimum atomic E-state index is -0.677. The van der Waals surface area contributed by atoms with Crippen molar-refractivity contribution >= 4 is 28.8 Å². The molecule has 2 atom stereocenters. The van der Waals surface area contributed by atoms with Gasteiger partial charge in [-0.25, -0.2) is 4.79 Å². The van der Waals surface area contributed by atoms with Crippen LogP contribution in [-0.4, -0.2) is 57.0 Å². The highest BCUT2D eigenvalue weighted by molar-refractivity contribution is 6.06. The summed E-state index contributed by atoms with van der Waals surface area (Å²) in [6.45, 7) is 1.93. The second-order valence-corrected chi connectivity index (χ2v) is 8.01. The van der Waals surface area contributed by atoms with Crippen LogP contribution in [0.15, 0.2) is 48.5 Å². The third-order valence-electron chi connectivity index (χ3n) is 6.17. The lowest BCUT2D eigenvalue weighted by molar-refractivity contribution is -0.143. The molecule has 3 amide bonds. The number of nitrogens with zero attached hydrogens (tertiary/aromatic N) is 2. The van der Waals surface area contributed by atoms with Crippen LogP contribution in [0.3, 0.4) is 0 Å². The molecule has 8 heteroatoms. The van der Waals surface area contributed by atoms with Gasteiger partial charge in [0.05, 0.1) is 13.0 Å². The molecule has 32 heavy (non-hydrogen) atoms. The Balaban J connectivity index is 1.58. The summed E-state index contributed by atoms with van der Waals surface area (Å²) in [7, 11) is 0. The number of urea groups is 1. The fourth-order valence-electron chi connectivity index (χ4n) is 4.81. The van der Waals surface area contributed by atoms with E-state index in [2.05, 4.69) is 4.98 Å². The molecule has 1 saturated heterocycles. The smallest absolute Gasteiger partial charge is 0.328 e. The molecule has 2 aliphatic rings. The molecule has 1 aromatic heterocycles. The first-order chi connectivity index (χ1) is 15.5. The van der Waals surface area contributed by atoms with E-state index in [9.17, 15) is 19.5 Å². The number of nitrogens with one attached hydrogen (secondary N) is 1. The lowest BCUT2D eigenvalue weighted by atomic mass is 9.89. The van der Waals surface area contributed by atoms with E-state index in [1.807, 2.05) is 30.3 Å². The van der Waals surface area contributed by atoms with Crippen molar-refractivity contribution in [3.8, 4) is 5.75 Å². The van der Waals surface area contributed by atoms with Crippen LogP contribution in [0.5, 0.6) is 5.75 Å². The van der Waals surface area contributed by atoms with Crippen molar-refractivity contribution in [2.45, 2.75) is 31.8 Å². The fraction of sp³-hybridized carbons (Fsp3) is 0.292. The van der Waals surface area contributed by atoms with E-state index < -0.39 is 24.1 Å². The molecule has 0 aliphatic carbocycles. The molecule has 2 N–H and O–H groups in total. The van der Waals surface area contributed by atoms with Gasteiger partial charge in [0.15, 0.2) is 0 Å². The Labute approximate surface area is 184 Å². The van der Waals surface area contributed by atoms with Crippen molar-refractivity contribution in [3.63, 3.8) is 0 Å². The Hall–Kier alpha value is -3.81. The highest BCUT2D eigenvalue weighted by atomic mass is 16.5. The zero-order valence-electron chi connectivity index (χ0n) is 17.6. The van der Waals surface area contributed by atoms with Gasteiger partial charge < -0.3 is 14.8 Å². The summed E-state index contributed by atoms with van der Waals surface area (Å²) in [6.07, 6.45) is 0.339. The monoisotopic (exact) mass is 433 g/mol. The number of hydrogen-bond acceptors (Lipinski definition) is 5. The van der Waals surface area contributed by atoms with Gasteiger partial charge in [0.1, 0.15) is 17.8 Å². The number of phenols is 1. The number of hydrogen-bond donors (Lipinski definition) is 2. The van der Waals surface area contributed by atoms with Gasteiger partial charge in [-0.1, -0.05) is 30.3 Å². The molecular weight excluding hydrogens is 410 g/mol. The predicted octanol–water partition coefficient (Wildman–Crippen LogP) is 3.11. The molecule has 8 nitrogen and oxygen atoms in total. The van der Waals surface area contributed by atoms with E-state index in [1.165, 1.54) is 0 Å². The lowest BCUT2D eigenvalue weighted by Gasteiger charge is -2.36. The van der Waals surface area contributed by atoms with E-state index in [1.54, 1.807) is 30.0 Å². The quantitative estimate of drug-likeness (QED) is 0.475. The SMILES string of the molecule is CCOC(=O)CCN1C(=O)[C@@H]2Cc3c([nH]c4ccccc34)[C@@H](c3cccc(O)c3)N2C1=O. The predicted molar refractivity (Wildman–Crippen MR) is 116 cm³/mol. The van der Waals surface area contributed by atoms with E-state index in [0.29, 0.717) is 12.0 Å². The topological polar surface area (TPSA) is 103 Å². The van der Waals surface area contributed by atoms with Gasteiger partial charge in [0, 0.05) is 29.6 Å². The molecule has 0 unspecified atom stereocenters. The number of aromatic hydroxyl groups is 1. The average Bonchev–Trinajstić information content (AvgIpc) is 3.26. The summed E-state index contributed by atoms with van der Waals surface area (Å²) in [4.78, 5) is 44.7. The molecule has 0 bridgehead atoms. The lowest BCUT2D eigenvalue weighted by Crippen LogP contribution is -2.44. The molecule has 2 aliphatic heterocycles. The van der Waals surface area contributed by atoms with Crippen molar-refractivity contribution in [2.24, 2.45) is 0 Å². The third-order valence-corrected chi connectivity index (χ3v) is 6.17. The van der Waals surface area contributed by atoms with Crippen LogP contribution in [0.2, 0.25) is 0 Å². The van der Waals surface area contributed by atoms with E-state index in [4.69, 9.17) is 4.74 Å². The first kappa shape index (κ1) is 20.1. The number of esters is 1. The highest BCUT2D eigenvalue weighted by Crippen LogP contribution is 2.44. The second kappa shape index (κ2) is 7.71. The van der Waals surface area contributed by atoms with Crippen LogP contribution in [0.25, 0.3) is 10.9 Å². The molecule has 164 valence electrons. The van der Waals surface area contributed by atoms with Crippen LogP contribution < -0.4 is 0 Å². The Bertz CT molecular complexity index is 1230. The number of imide groups is 1. The summed E-state index contributed by atoms with van der Waals surface area (Å²) in [5.41, 5.74) is 3.46. The minimum absolute atomic E-state index is 0.0229. The summed E-state index contributed by atoms with van der Waals surface area (Å²) in [5.74, 6) is -0.682. The van der Waals surface area contributed by atoms with Crippen molar-refractivity contribution in [2.75, 3.05) is 13.2 Å². The van der Waals surface area contributed by atoms with Crippen molar-refractivity contribution in [1.82, 2.24) is 14.8 Å². The van der Waals surface area contributed by atoms with Crippen LogP contribution in [0, 0.1) is 0 Å². The molecule has 1 fully saturated rings. The highest BCUT2D eigenvalue weighted by Gasteiger charge is 2.52. The number of para-hydroxylation sites is 1. The maximum Gasteiger partial charge on any atom is 0.328 e. The minimum Gasteiger partial charge on any atom is -0.508 e. The number of phenolic OH excluding ortho intramolecular Hbond substituents is 1. The maximum atomic E-state index is 13.4. The number of fused-ring (bicyclic) bond motifs is 4. The summed E-state index contributed by atoms with van der Waals surface area (Å²) < 4.78 is 4.95. The zero-order chi connectivity index (χ0) is 22.4. The standard InChI is InChI=1S/C24H23N3O5/c1-2-32-20(29)10-11-26-23(30)19-13-17-16-8-3-4-9-18(16)25-21(17)22(27(19)24(26)31)14-6-5-7-15(28)12-14/h3-9,12,19,22,25,28H,2,10-11,13H2,1H3/t19-,22+/m0/s1. The molecule has 0 radical (unpaired) electrons. The Morgan fingerprint density at radius 2 is 2.00 bits per heavy atom. The number of benzene rings is 2. The first-order valence-corrected chi connectivity index (χ1v) is 10.7. The number of aromatic amines is 1. The van der Waals surface area contributed by atoms with Crippen LogP contribution in [0.4, 0.5) is 4.79 Å². The zero-order valence-corrected chi connectivity index (χ0v) is 17.6. The Morgan fingerprint density at radius 1 is 1.19 bits per heavy atom. The Morgan fingerprint density at radius 3 is 2.78 bits per heavy atom. The number of H-pyrrole nitrogens is 1. The number of carbonyl (C=O) groups excluding carboxylic acids is 3. The van der Waals surface area contributed by atoms with Gasteiger partial charge in [-0.2, -0.15) is 0 Å².